The van der Waals surface area contributed by atoms with Crippen LogP contribution in [0.1, 0.15) is 110 Å². The Bertz CT molecular complexity index is 833. The van der Waals surface area contributed by atoms with E-state index in [0.717, 1.165) is 11.1 Å². The second kappa shape index (κ2) is 8.36. The van der Waals surface area contributed by atoms with Gasteiger partial charge >= 0.3 is 11.9 Å². The van der Waals surface area contributed by atoms with E-state index >= 15 is 0 Å². The molecule has 32 heavy (non-hydrogen) atoms. The maximum atomic E-state index is 13.3. The van der Waals surface area contributed by atoms with Gasteiger partial charge in [0.1, 0.15) is 11.9 Å². The van der Waals surface area contributed by atoms with Crippen molar-refractivity contribution in [1.82, 2.24) is 5.06 Å². The highest BCUT2D eigenvalue weighted by molar-refractivity contribution is 5.90. The fourth-order valence-corrected chi connectivity index (χ4v) is 4.75. The maximum Gasteiger partial charge on any atom is 0.338 e. The molecule has 180 valence electrons. The van der Waals surface area contributed by atoms with Gasteiger partial charge in [-0.05, 0) is 50.7 Å². The molecule has 1 N–H and O–H groups in total. The van der Waals surface area contributed by atoms with E-state index in [-0.39, 0.29) is 28.7 Å². The first-order valence-electron chi connectivity index (χ1n) is 11.3. The average Bonchev–Trinajstić information content (AvgIpc) is 2.55. The van der Waals surface area contributed by atoms with Crippen LogP contribution in [0.15, 0.2) is 12.1 Å². The summed E-state index contributed by atoms with van der Waals surface area (Å²) in [6.45, 7) is 21.4. The van der Waals surface area contributed by atoms with Crippen molar-refractivity contribution in [3.8, 4) is 5.75 Å². The van der Waals surface area contributed by atoms with Gasteiger partial charge < -0.3 is 14.7 Å². The summed E-state index contributed by atoms with van der Waals surface area (Å²) in [7, 11) is 0. The lowest BCUT2D eigenvalue weighted by Gasteiger charge is -2.52. The van der Waals surface area contributed by atoms with E-state index in [1.54, 1.807) is 17.2 Å². The van der Waals surface area contributed by atoms with E-state index in [1.165, 1.54) is 6.92 Å². The third kappa shape index (κ3) is 5.64. The van der Waals surface area contributed by atoms with Gasteiger partial charge in [0.25, 0.3) is 0 Å². The molecule has 1 aromatic rings. The Morgan fingerprint density at radius 1 is 0.938 bits per heavy atom. The highest BCUT2D eigenvalue weighted by Crippen LogP contribution is 2.42. The van der Waals surface area contributed by atoms with E-state index in [2.05, 4.69) is 0 Å². The number of phenols is 1. The number of hydroxylamine groups is 2. The number of benzene rings is 1. The van der Waals surface area contributed by atoms with Gasteiger partial charge in [0.2, 0.25) is 0 Å². The lowest BCUT2D eigenvalue weighted by atomic mass is 9.78. The van der Waals surface area contributed by atoms with Crippen molar-refractivity contribution in [3.63, 3.8) is 0 Å². The van der Waals surface area contributed by atoms with Gasteiger partial charge in [0.15, 0.2) is 0 Å². The zero-order chi connectivity index (χ0) is 24.9. The molecule has 0 unspecified atom stereocenters. The quantitative estimate of drug-likeness (QED) is 0.604. The molecule has 1 aromatic carbocycles. The van der Waals surface area contributed by atoms with E-state index in [9.17, 15) is 14.7 Å². The highest BCUT2D eigenvalue weighted by Gasteiger charge is 2.49. The number of carbonyl (C=O) groups is 2. The Kier molecular flexibility index (Phi) is 6.84. The van der Waals surface area contributed by atoms with Crippen molar-refractivity contribution in [2.75, 3.05) is 0 Å². The summed E-state index contributed by atoms with van der Waals surface area (Å²) >= 11 is 0. The van der Waals surface area contributed by atoms with Gasteiger partial charge in [-0.25, -0.2) is 4.79 Å². The molecule has 0 spiro atoms. The summed E-state index contributed by atoms with van der Waals surface area (Å²) in [5, 5.41) is 12.7. The number of esters is 1. The van der Waals surface area contributed by atoms with Crippen LogP contribution >= 0.6 is 0 Å². The lowest BCUT2D eigenvalue weighted by molar-refractivity contribution is -0.274. The first-order valence-corrected chi connectivity index (χ1v) is 11.3. The molecule has 1 aliphatic heterocycles. The average molecular weight is 448 g/mol. The Morgan fingerprint density at radius 3 is 1.69 bits per heavy atom. The summed E-state index contributed by atoms with van der Waals surface area (Å²) in [5.74, 6) is -0.535. The van der Waals surface area contributed by atoms with Gasteiger partial charge in [-0.2, -0.15) is 0 Å². The Hall–Kier alpha value is -2.08. The van der Waals surface area contributed by atoms with Crippen molar-refractivity contribution in [3.05, 3.63) is 28.8 Å². The maximum absolute atomic E-state index is 13.3. The molecule has 2 rings (SSSR count). The minimum Gasteiger partial charge on any atom is -0.507 e. The number of phenolic OH excluding ortho intramolecular Hbond substituents is 1. The third-order valence-electron chi connectivity index (χ3n) is 6.01. The van der Waals surface area contributed by atoms with Crippen molar-refractivity contribution >= 4 is 11.9 Å². The number of ether oxygens (including phenoxy) is 1. The minimum absolute atomic E-state index is 0.235. The molecule has 0 bridgehead atoms. The van der Waals surface area contributed by atoms with Gasteiger partial charge in [-0.3, -0.25) is 4.79 Å². The summed E-state index contributed by atoms with van der Waals surface area (Å²) in [6.07, 6.45) is 0.738. The zero-order valence-electron chi connectivity index (χ0n) is 21.7. The molecule has 0 aromatic heterocycles. The SMILES string of the molecule is CC(=O)ON1C(C)(C)CC(OC(=O)c2cc(C(C)(C)C)c(O)c(C(C)(C)C)c2)CC1(C)C. The van der Waals surface area contributed by atoms with Crippen molar-refractivity contribution in [2.24, 2.45) is 0 Å². The van der Waals surface area contributed by atoms with Gasteiger partial charge in [-0.1, -0.05) is 41.5 Å². The number of carbonyl (C=O) groups excluding carboxylic acids is 2. The number of rotatable bonds is 3. The lowest BCUT2D eigenvalue weighted by Crippen LogP contribution is -2.62. The second-order valence-corrected chi connectivity index (χ2v) is 12.4. The fraction of sp³-hybridized carbons (Fsp3) is 0.692. The summed E-state index contributed by atoms with van der Waals surface area (Å²) in [5.41, 5.74) is 0.223. The standard InChI is InChI=1S/C26H41NO5/c1-16(28)32-27-25(8,9)14-18(15-26(27,10)11)31-22(30)17-12-19(23(2,3)4)21(29)20(13-17)24(5,6)7/h12-13,18,29H,14-15H2,1-11H3. The first-order chi connectivity index (χ1) is 14.3. The molecular formula is C26H41NO5. The Morgan fingerprint density at radius 2 is 1.34 bits per heavy atom. The van der Waals surface area contributed by atoms with Crippen LogP contribution in [-0.4, -0.2) is 39.3 Å². The Labute approximate surface area is 193 Å². The van der Waals surface area contributed by atoms with Crippen molar-refractivity contribution in [2.45, 2.75) is 117 Å². The molecule has 0 atom stereocenters. The minimum atomic E-state index is -0.500. The topological polar surface area (TPSA) is 76.1 Å². The number of piperidine rings is 1. The smallest absolute Gasteiger partial charge is 0.338 e. The summed E-state index contributed by atoms with van der Waals surface area (Å²) in [4.78, 5) is 30.4. The van der Waals surface area contributed by atoms with Gasteiger partial charge in [0, 0.05) is 30.9 Å². The predicted molar refractivity (Wildman–Crippen MR) is 126 cm³/mol. The molecule has 1 saturated heterocycles. The fourth-order valence-electron chi connectivity index (χ4n) is 4.75. The molecule has 0 saturated carbocycles. The molecule has 1 aliphatic rings. The predicted octanol–water partition coefficient (Wildman–Crippen LogP) is 5.64. The summed E-state index contributed by atoms with van der Waals surface area (Å²) < 4.78 is 5.99. The molecule has 0 aliphatic carbocycles. The number of aromatic hydroxyl groups is 1. The van der Waals surface area contributed by atoms with Crippen LogP contribution in [0.3, 0.4) is 0 Å². The van der Waals surface area contributed by atoms with Crippen LogP contribution in [-0.2, 0) is 25.2 Å². The molecule has 0 radical (unpaired) electrons. The van der Waals surface area contributed by atoms with Crippen LogP contribution in [0.2, 0.25) is 0 Å². The van der Waals surface area contributed by atoms with Gasteiger partial charge in [-0.15, -0.1) is 5.06 Å². The van der Waals surface area contributed by atoms with Crippen LogP contribution in [0.5, 0.6) is 5.75 Å². The largest absolute Gasteiger partial charge is 0.507 e. The molecule has 1 fully saturated rings. The van der Waals surface area contributed by atoms with Gasteiger partial charge in [0.05, 0.1) is 16.6 Å². The van der Waals surface area contributed by atoms with Crippen molar-refractivity contribution in [1.29, 1.82) is 0 Å². The van der Waals surface area contributed by atoms with Crippen LogP contribution < -0.4 is 0 Å². The first kappa shape index (κ1) is 26.2. The van der Waals surface area contributed by atoms with Crippen molar-refractivity contribution < 1.29 is 24.3 Å². The number of hydrogen-bond donors (Lipinski definition) is 1. The summed E-state index contributed by atoms with van der Waals surface area (Å²) in [6, 6.07) is 3.49. The molecule has 1 heterocycles. The highest BCUT2D eigenvalue weighted by atomic mass is 16.7. The van der Waals surface area contributed by atoms with E-state index < -0.39 is 17.0 Å². The number of nitrogens with zero attached hydrogens (tertiary/aromatic N) is 1. The van der Waals surface area contributed by atoms with Crippen LogP contribution in [0.25, 0.3) is 0 Å². The van der Waals surface area contributed by atoms with E-state index in [1.807, 2.05) is 69.2 Å². The van der Waals surface area contributed by atoms with Crippen LogP contribution in [0, 0.1) is 0 Å². The molecule has 6 heteroatoms. The molecular weight excluding hydrogens is 406 g/mol. The molecule has 0 amide bonds. The Balaban J connectivity index is 2.38. The van der Waals surface area contributed by atoms with Crippen LogP contribution in [0.4, 0.5) is 0 Å². The zero-order valence-corrected chi connectivity index (χ0v) is 21.7. The monoisotopic (exact) mass is 447 g/mol. The third-order valence-corrected chi connectivity index (χ3v) is 6.01. The van der Waals surface area contributed by atoms with E-state index in [4.69, 9.17) is 9.57 Å². The number of hydrogen-bond acceptors (Lipinski definition) is 6. The normalized spacial score (nSPS) is 19.5. The molecule has 6 nitrogen and oxygen atoms in total. The second-order valence-electron chi connectivity index (χ2n) is 12.4. The van der Waals surface area contributed by atoms with E-state index in [0.29, 0.717) is 18.4 Å².